The first-order valence-electron chi connectivity index (χ1n) is 12.8. The molecular weight excluding hydrogens is 416 g/mol. The Hall–Kier alpha value is -1.26. The maximum Gasteiger partial charge on any atom is 0.400 e. The standard InChI is InChI=1S/C27H38F4O/c1-17-3-7-19(8-4-17)20-11-13-22(14-12-20)27(30,31)32-23-15-24(28)26(25(29)16-23)21-9-5-18(2)6-10-21/h15-22H,3-14H2,1-2H3. The highest BCUT2D eigenvalue weighted by Gasteiger charge is 2.45. The van der Waals surface area contributed by atoms with Crippen LogP contribution in [0.15, 0.2) is 12.1 Å². The molecule has 0 spiro atoms. The highest BCUT2D eigenvalue weighted by atomic mass is 19.3. The van der Waals surface area contributed by atoms with Crippen LogP contribution >= 0.6 is 0 Å². The fourth-order valence-electron chi connectivity index (χ4n) is 6.48. The van der Waals surface area contributed by atoms with E-state index in [0.717, 1.165) is 56.6 Å². The van der Waals surface area contributed by atoms with Crippen LogP contribution in [0.4, 0.5) is 17.6 Å². The van der Waals surface area contributed by atoms with Gasteiger partial charge in [-0.05, 0) is 81.0 Å². The zero-order valence-corrected chi connectivity index (χ0v) is 19.5. The van der Waals surface area contributed by atoms with Crippen LogP contribution in [0.2, 0.25) is 0 Å². The molecule has 0 atom stereocenters. The number of hydrogen-bond donors (Lipinski definition) is 0. The minimum Gasteiger partial charge on any atom is -0.432 e. The third kappa shape index (κ3) is 5.44. The van der Waals surface area contributed by atoms with Crippen LogP contribution in [-0.4, -0.2) is 6.11 Å². The summed E-state index contributed by atoms with van der Waals surface area (Å²) in [5.74, 6) is -0.449. The highest BCUT2D eigenvalue weighted by Crippen LogP contribution is 2.46. The van der Waals surface area contributed by atoms with Crippen LogP contribution in [0.3, 0.4) is 0 Å². The molecule has 180 valence electrons. The molecule has 3 aliphatic rings. The van der Waals surface area contributed by atoms with Gasteiger partial charge < -0.3 is 4.74 Å². The van der Waals surface area contributed by atoms with Gasteiger partial charge in [-0.1, -0.05) is 39.5 Å². The Morgan fingerprint density at radius 2 is 1.12 bits per heavy atom. The molecule has 0 aliphatic heterocycles. The fraction of sp³-hybridized carbons (Fsp3) is 0.778. The van der Waals surface area contributed by atoms with Crippen molar-refractivity contribution in [3.8, 4) is 5.75 Å². The average molecular weight is 455 g/mol. The summed E-state index contributed by atoms with van der Waals surface area (Å²) in [5, 5.41) is 0. The first-order chi connectivity index (χ1) is 15.2. The van der Waals surface area contributed by atoms with E-state index in [4.69, 9.17) is 4.74 Å². The molecule has 1 nitrogen and oxygen atoms in total. The topological polar surface area (TPSA) is 9.23 Å². The van der Waals surface area contributed by atoms with Crippen LogP contribution in [0.5, 0.6) is 5.75 Å². The van der Waals surface area contributed by atoms with Crippen molar-refractivity contribution in [1.29, 1.82) is 0 Å². The third-order valence-electron chi connectivity index (χ3n) is 8.70. The molecule has 0 aromatic heterocycles. The van der Waals surface area contributed by atoms with Gasteiger partial charge in [-0.2, -0.15) is 8.78 Å². The molecule has 0 saturated heterocycles. The summed E-state index contributed by atoms with van der Waals surface area (Å²) in [6.07, 6.45) is 7.26. The zero-order chi connectivity index (χ0) is 22.9. The van der Waals surface area contributed by atoms with E-state index in [0.29, 0.717) is 30.6 Å². The number of rotatable bonds is 5. The Bertz CT molecular complexity index is 732. The van der Waals surface area contributed by atoms with Gasteiger partial charge in [0.05, 0.1) is 5.92 Å². The Morgan fingerprint density at radius 3 is 1.62 bits per heavy atom. The molecule has 0 radical (unpaired) electrons. The Morgan fingerprint density at radius 1 is 0.688 bits per heavy atom. The predicted octanol–water partition coefficient (Wildman–Crippen LogP) is 8.86. The largest absolute Gasteiger partial charge is 0.432 e. The van der Waals surface area contributed by atoms with Gasteiger partial charge in [0.2, 0.25) is 0 Å². The fourth-order valence-corrected chi connectivity index (χ4v) is 6.48. The maximum absolute atomic E-state index is 14.9. The Kier molecular flexibility index (Phi) is 7.41. The lowest BCUT2D eigenvalue weighted by Gasteiger charge is -2.38. The second kappa shape index (κ2) is 9.93. The van der Waals surface area contributed by atoms with E-state index in [-0.39, 0.29) is 11.5 Å². The molecule has 4 rings (SSSR count). The third-order valence-corrected chi connectivity index (χ3v) is 8.70. The summed E-state index contributed by atoms with van der Waals surface area (Å²) in [5.41, 5.74) is 0.0369. The summed E-state index contributed by atoms with van der Waals surface area (Å²) in [6.45, 7) is 4.43. The number of benzene rings is 1. The monoisotopic (exact) mass is 454 g/mol. The van der Waals surface area contributed by atoms with E-state index in [1.54, 1.807) is 0 Å². The van der Waals surface area contributed by atoms with E-state index in [9.17, 15) is 17.6 Å². The number of halogens is 4. The molecule has 0 amide bonds. The van der Waals surface area contributed by atoms with Crippen molar-refractivity contribution in [2.45, 2.75) is 103 Å². The highest BCUT2D eigenvalue weighted by molar-refractivity contribution is 5.33. The normalized spacial score (nSPS) is 34.3. The summed E-state index contributed by atoms with van der Waals surface area (Å²) in [7, 11) is 0. The van der Waals surface area contributed by atoms with Crippen molar-refractivity contribution in [3.05, 3.63) is 29.3 Å². The molecule has 32 heavy (non-hydrogen) atoms. The second-order valence-electron chi connectivity index (χ2n) is 11.1. The summed E-state index contributed by atoms with van der Waals surface area (Å²) in [4.78, 5) is 0. The van der Waals surface area contributed by atoms with Gasteiger partial charge in [-0.3, -0.25) is 0 Å². The number of ether oxygens (including phenoxy) is 1. The molecule has 0 N–H and O–H groups in total. The molecule has 1 aromatic rings. The van der Waals surface area contributed by atoms with Gasteiger partial charge in [-0.15, -0.1) is 0 Å². The van der Waals surface area contributed by atoms with Crippen molar-refractivity contribution in [3.63, 3.8) is 0 Å². The van der Waals surface area contributed by atoms with Crippen molar-refractivity contribution in [2.24, 2.45) is 29.6 Å². The summed E-state index contributed by atoms with van der Waals surface area (Å²) in [6, 6.07) is 1.92. The van der Waals surface area contributed by atoms with E-state index in [1.807, 2.05) is 0 Å². The van der Waals surface area contributed by atoms with Gasteiger partial charge >= 0.3 is 6.11 Å². The van der Waals surface area contributed by atoms with Crippen LogP contribution in [0.1, 0.15) is 102 Å². The van der Waals surface area contributed by atoms with Crippen molar-refractivity contribution in [1.82, 2.24) is 0 Å². The molecular formula is C27H38F4O. The second-order valence-corrected chi connectivity index (χ2v) is 11.1. The van der Waals surface area contributed by atoms with Crippen molar-refractivity contribution < 1.29 is 22.3 Å². The van der Waals surface area contributed by atoms with Gasteiger partial charge in [-0.25, -0.2) is 8.78 Å². The molecule has 3 saturated carbocycles. The summed E-state index contributed by atoms with van der Waals surface area (Å²) < 4.78 is 64.2. The molecule has 0 heterocycles. The number of alkyl halides is 2. The Labute approximate surface area is 190 Å². The van der Waals surface area contributed by atoms with Crippen LogP contribution in [0.25, 0.3) is 0 Å². The van der Waals surface area contributed by atoms with Gasteiger partial charge in [0.15, 0.2) is 0 Å². The number of hydrogen-bond acceptors (Lipinski definition) is 1. The van der Waals surface area contributed by atoms with Crippen LogP contribution in [-0.2, 0) is 0 Å². The van der Waals surface area contributed by atoms with Gasteiger partial charge in [0.25, 0.3) is 0 Å². The lowest BCUT2D eigenvalue weighted by molar-refractivity contribution is -0.224. The van der Waals surface area contributed by atoms with Gasteiger partial charge in [0.1, 0.15) is 17.4 Å². The smallest absolute Gasteiger partial charge is 0.400 e. The van der Waals surface area contributed by atoms with Gasteiger partial charge in [0, 0.05) is 17.7 Å². The lowest BCUT2D eigenvalue weighted by atomic mass is 9.69. The molecule has 3 fully saturated rings. The van der Waals surface area contributed by atoms with Crippen molar-refractivity contribution >= 4 is 0 Å². The SMILES string of the molecule is CC1CCC(c2c(F)cc(OC(F)(F)C3CCC(C4CCC(C)CC4)CC3)cc2F)CC1. The average Bonchev–Trinajstić information content (AvgIpc) is 2.75. The minimum atomic E-state index is -3.41. The minimum absolute atomic E-state index is 0.0369. The maximum atomic E-state index is 14.9. The zero-order valence-electron chi connectivity index (χ0n) is 19.5. The molecule has 5 heteroatoms. The van der Waals surface area contributed by atoms with E-state index < -0.39 is 29.4 Å². The molecule has 1 aromatic carbocycles. The van der Waals surface area contributed by atoms with Crippen LogP contribution < -0.4 is 4.74 Å². The van der Waals surface area contributed by atoms with E-state index in [1.165, 1.54) is 25.7 Å². The quantitative estimate of drug-likeness (QED) is 0.404. The van der Waals surface area contributed by atoms with Crippen LogP contribution in [0, 0.1) is 41.2 Å². The van der Waals surface area contributed by atoms with E-state index >= 15 is 0 Å². The van der Waals surface area contributed by atoms with E-state index in [2.05, 4.69) is 13.8 Å². The molecule has 3 aliphatic carbocycles. The first kappa shape index (κ1) is 23.9. The molecule has 0 unspecified atom stereocenters. The Balaban J connectivity index is 1.36. The van der Waals surface area contributed by atoms with Crippen molar-refractivity contribution in [2.75, 3.05) is 0 Å². The predicted molar refractivity (Wildman–Crippen MR) is 119 cm³/mol. The summed E-state index contributed by atoms with van der Waals surface area (Å²) >= 11 is 0. The lowest BCUT2D eigenvalue weighted by Crippen LogP contribution is -2.38. The molecule has 0 bridgehead atoms. The first-order valence-corrected chi connectivity index (χ1v) is 12.8.